The SMILES string of the molecule is C=CC[C@@](C(=O)OCC)([C@@H](C)CC)N(C(=O)OC(C)(C)C)C(=O)OC(C)(C)C. The Morgan fingerprint density at radius 2 is 1.39 bits per heavy atom. The highest BCUT2D eigenvalue weighted by atomic mass is 16.6. The van der Waals surface area contributed by atoms with Crippen LogP contribution in [-0.2, 0) is 19.0 Å². The van der Waals surface area contributed by atoms with Crippen LogP contribution < -0.4 is 0 Å². The van der Waals surface area contributed by atoms with E-state index in [-0.39, 0.29) is 13.0 Å². The van der Waals surface area contributed by atoms with E-state index in [2.05, 4.69) is 6.58 Å². The van der Waals surface area contributed by atoms with E-state index in [1.807, 2.05) is 6.92 Å². The van der Waals surface area contributed by atoms with E-state index in [1.165, 1.54) is 6.08 Å². The van der Waals surface area contributed by atoms with E-state index in [9.17, 15) is 14.4 Å². The molecule has 0 fully saturated rings. The minimum absolute atomic E-state index is 0.0132. The number of rotatable bonds is 7. The van der Waals surface area contributed by atoms with E-state index in [4.69, 9.17) is 14.2 Å². The van der Waals surface area contributed by atoms with Crippen molar-refractivity contribution >= 4 is 18.2 Å². The third kappa shape index (κ3) is 6.84. The molecule has 162 valence electrons. The van der Waals surface area contributed by atoms with E-state index >= 15 is 0 Å². The molecule has 0 saturated carbocycles. The van der Waals surface area contributed by atoms with Gasteiger partial charge in [0.1, 0.15) is 11.2 Å². The van der Waals surface area contributed by atoms with Crippen LogP contribution in [0.3, 0.4) is 0 Å². The van der Waals surface area contributed by atoms with Gasteiger partial charge in [-0.2, -0.15) is 4.90 Å². The molecule has 0 aromatic heterocycles. The first-order chi connectivity index (χ1) is 12.7. The first-order valence-electron chi connectivity index (χ1n) is 9.70. The van der Waals surface area contributed by atoms with Gasteiger partial charge >= 0.3 is 18.2 Å². The van der Waals surface area contributed by atoms with Crippen molar-refractivity contribution in [1.29, 1.82) is 0 Å². The van der Waals surface area contributed by atoms with Crippen LogP contribution in [0.4, 0.5) is 9.59 Å². The number of amides is 2. The quantitative estimate of drug-likeness (QED) is 0.337. The summed E-state index contributed by atoms with van der Waals surface area (Å²) >= 11 is 0. The Balaban J connectivity index is 6.63. The molecule has 28 heavy (non-hydrogen) atoms. The maximum absolute atomic E-state index is 13.1. The molecule has 0 rings (SSSR count). The standard InChI is InChI=1S/C21H37NO6/c1-11-14-21(15(4)12-2,16(23)26-13-3)22(17(24)27-19(5,6)7)18(25)28-20(8,9)10/h11,15H,1,12-14H2,2-10H3/t15-,21-/m0/s1. The number of esters is 1. The fourth-order valence-corrected chi connectivity index (χ4v) is 2.72. The van der Waals surface area contributed by atoms with E-state index < -0.39 is 40.8 Å². The second-order valence-electron chi connectivity index (χ2n) is 8.74. The van der Waals surface area contributed by atoms with E-state index in [1.54, 1.807) is 55.4 Å². The van der Waals surface area contributed by atoms with Crippen LogP contribution >= 0.6 is 0 Å². The van der Waals surface area contributed by atoms with Crippen LogP contribution in [-0.4, -0.2) is 46.4 Å². The predicted octanol–water partition coefficient (Wildman–Crippen LogP) is 5.08. The Morgan fingerprint density at radius 3 is 1.68 bits per heavy atom. The lowest BCUT2D eigenvalue weighted by Crippen LogP contribution is -2.64. The molecule has 0 aromatic carbocycles. The molecule has 2 atom stereocenters. The average molecular weight is 400 g/mol. The van der Waals surface area contributed by atoms with Gasteiger partial charge in [-0.15, -0.1) is 6.58 Å². The lowest BCUT2D eigenvalue weighted by atomic mass is 9.79. The zero-order valence-electron chi connectivity index (χ0n) is 18.9. The summed E-state index contributed by atoms with van der Waals surface area (Å²) in [6.07, 6.45) is 0.0905. The minimum atomic E-state index is -1.63. The van der Waals surface area contributed by atoms with Gasteiger partial charge in [-0.1, -0.05) is 26.3 Å². The highest BCUT2D eigenvalue weighted by Gasteiger charge is 2.55. The highest BCUT2D eigenvalue weighted by Crippen LogP contribution is 2.36. The van der Waals surface area contributed by atoms with Gasteiger partial charge in [0.15, 0.2) is 5.54 Å². The van der Waals surface area contributed by atoms with Crippen LogP contribution in [0, 0.1) is 5.92 Å². The summed E-state index contributed by atoms with van der Waals surface area (Å²) in [5.41, 5.74) is -3.38. The first kappa shape index (κ1) is 26.0. The summed E-state index contributed by atoms with van der Waals surface area (Å²) in [6, 6.07) is 0. The largest absolute Gasteiger partial charge is 0.464 e. The van der Waals surface area contributed by atoms with Crippen molar-refractivity contribution in [2.45, 2.75) is 91.9 Å². The molecule has 0 heterocycles. The molecule has 7 nitrogen and oxygen atoms in total. The van der Waals surface area contributed by atoms with Crippen molar-refractivity contribution in [2.24, 2.45) is 5.92 Å². The van der Waals surface area contributed by atoms with Gasteiger partial charge in [0, 0.05) is 6.42 Å². The molecular weight excluding hydrogens is 362 g/mol. The molecule has 0 aromatic rings. The number of carbonyl (C=O) groups is 3. The maximum atomic E-state index is 13.1. The number of carbonyl (C=O) groups excluding carboxylic acids is 3. The number of hydrogen-bond donors (Lipinski definition) is 0. The van der Waals surface area contributed by atoms with Crippen molar-refractivity contribution in [3.05, 3.63) is 12.7 Å². The van der Waals surface area contributed by atoms with Gasteiger partial charge in [0.2, 0.25) is 0 Å². The van der Waals surface area contributed by atoms with Crippen LogP contribution in [0.15, 0.2) is 12.7 Å². The van der Waals surface area contributed by atoms with Crippen molar-refractivity contribution in [1.82, 2.24) is 4.90 Å². The second kappa shape index (κ2) is 9.94. The van der Waals surface area contributed by atoms with Gasteiger partial charge < -0.3 is 14.2 Å². The van der Waals surface area contributed by atoms with Gasteiger partial charge in [0.05, 0.1) is 6.61 Å². The number of hydrogen-bond acceptors (Lipinski definition) is 6. The van der Waals surface area contributed by atoms with E-state index in [0.717, 1.165) is 4.90 Å². The first-order valence-corrected chi connectivity index (χ1v) is 9.70. The summed E-state index contributed by atoms with van der Waals surface area (Å²) in [7, 11) is 0. The molecule has 0 unspecified atom stereocenters. The summed E-state index contributed by atoms with van der Waals surface area (Å²) in [4.78, 5) is 40.1. The third-order valence-corrected chi connectivity index (χ3v) is 4.06. The molecular formula is C21H37NO6. The van der Waals surface area contributed by atoms with Gasteiger partial charge in [-0.25, -0.2) is 14.4 Å². The van der Waals surface area contributed by atoms with Crippen LogP contribution in [0.25, 0.3) is 0 Å². The molecule has 0 bridgehead atoms. The smallest absolute Gasteiger partial charge is 0.420 e. The number of nitrogens with zero attached hydrogens (tertiary/aromatic N) is 1. The van der Waals surface area contributed by atoms with Crippen LogP contribution in [0.1, 0.15) is 75.2 Å². The predicted molar refractivity (Wildman–Crippen MR) is 108 cm³/mol. The molecule has 0 spiro atoms. The van der Waals surface area contributed by atoms with Gasteiger partial charge in [0.25, 0.3) is 0 Å². The fraction of sp³-hybridized carbons (Fsp3) is 0.762. The highest BCUT2D eigenvalue weighted by molar-refractivity contribution is 5.97. The maximum Gasteiger partial charge on any atom is 0.420 e. The molecule has 2 amide bonds. The van der Waals surface area contributed by atoms with Crippen molar-refractivity contribution in [3.63, 3.8) is 0 Å². The molecule has 0 aliphatic heterocycles. The molecule has 0 N–H and O–H groups in total. The summed E-state index contributed by atoms with van der Waals surface area (Å²) in [5.74, 6) is -1.12. The number of ether oxygens (including phenoxy) is 3. The van der Waals surface area contributed by atoms with Gasteiger partial charge in [-0.3, -0.25) is 0 Å². The Kier molecular flexibility index (Phi) is 9.21. The Labute approximate surface area is 169 Å². The normalized spacial score (nSPS) is 15.0. The van der Waals surface area contributed by atoms with Crippen LogP contribution in [0.5, 0.6) is 0 Å². The van der Waals surface area contributed by atoms with Crippen molar-refractivity contribution in [2.75, 3.05) is 6.61 Å². The molecule has 7 heteroatoms. The molecule has 0 saturated heterocycles. The topological polar surface area (TPSA) is 82.1 Å². The Hall–Kier alpha value is -2.05. The van der Waals surface area contributed by atoms with Crippen LogP contribution in [0.2, 0.25) is 0 Å². The van der Waals surface area contributed by atoms with Crippen molar-refractivity contribution in [3.8, 4) is 0 Å². The van der Waals surface area contributed by atoms with Gasteiger partial charge in [-0.05, 0) is 54.4 Å². The molecule has 0 aliphatic carbocycles. The fourth-order valence-electron chi connectivity index (χ4n) is 2.72. The van der Waals surface area contributed by atoms with Crippen molar-refractivity contribution < 1.29 is 28.6 Å². The summed E-state index contributed by atoms with van der Waals surface area (Å²) in [6.45, 7) is 19.2. The minimum Gasteiger partial charge on any atom is -0.464 e. The number of imide groups is 1. The molecule has 0 radical (unpaired) electrons. The van der Waals surface area contributed by atoms with E-state index in [0.29, 0.717) is 6.42 Å². The zero-order chi connectivity index (χ0) is 22.3. The lowest BCUT2D eigenvalue weighted by Gasteiger charge is -2.43. The zero-order valence-corrected chi connectivity index (χ0v) is 18.9. The Morgan fingerprint density at radius 1 is 0.964 bits per heavy atom. The summed E-state index contributed by atoms with van der Waals surface area (Å²) in [5, 5.41) is 0. The lowest BCUT2D eigenvalue weighted by molar-refractivity contribution is -0.161. The Bertz CT molecular complexity index is 544. The average Bonchev–Trinajstić information content (AvgIpc) is 2.50. The third-order valence-electron chi connectivity index (χ3n) is 4.06. The second-order valence-corrected chi connectivity index (χ2v) is 8.74. The monoisotopic (exact) mass is 399 g/mol. The summed E-state index contributed by atoms with van der Waals surface area (Å²) < 4.78 is 16.2. The molecule has 0 aliphatic rings.